The van der Waals surface area contributed by atoms with Crippen molar-refractivity contribution in [3.63, 3.8) is 0 Å². The van der Waals surface area contributed by atoms with Gasteiger partial charge in [0.25, 0.3) is 0 Å². The number of nitrogens with one attached hydrogen (secondary N) is 2. The molecule has 152 valence electrons. The van der Waals surface area contributed by atoms with Crippen LogP contribution in [0.2, 0.25) is 0 Å². The van der Waals surface area contributed by atoms with E-state index in [2.05, 4.69) is 69.2 Å². The van der Waals surface area contributed by atoms with Crippen LogP contribution in [0.15, 0.2) is 36.4 Å². The average molecular weight is 392 g/mol. The zero-order valence-corrected chi connectivity index (χ0v) is 17.6. The molecule has 0 saturated carbocycles. The van der Waals surface area contributed by atoms with Crippen molar-refractivity contribution in [2.24, 2.45) is 0 Å². The van der Waals surface area contributed by atoms with Crippen LogP contribution < -0.4 is 15.1 Å². The molecule has 7 nitrogen and oxygen atoms in total. The van der Waals surface area contributed by atoms with Crippen LogP contribution in [-0.4, -0.2) is 53.2 Å². The molecule has 1 fully saturated rings. The fraction of sp³-hybridized carbons (Fsp3) is 0.409. The van der Waals surface area contributed by atoms with E-state index < -0.39 is 0 Å². The molecule has 0 aromatic carbocycles. The Morgan fingerprint density at radius 3 is 3.03 bits per heavy atom. The van der Waals surface area contributed by atoms with Crippen LogP contribution in [-0.2, 0) is 0 Å². The van der Waals surface area contributed by atoms with Crippen LogP contribution >= 0.6 is 0 Å². The largest absolute Gasteiger partial charge is 0.386 e. The molecule has 0 amide bonds. The number of hydrogen-bond acceptors (Lipinski definition) is 6. The normalized spacial score (nSPS) is 17.2. The Morgan fingerprint density at radius 2 is 2.24 bits per heavy atom. The van der Waals surface area contributed by atoms with Gasteiger partial charge in [-0.15, -0.1) is 0 Å². The predicted molar refractivity (Wildman–Crippen MR) is 121 cm³/mol. The summed E-state index contributed by atoms with van der Waals surface area (Å²) in [4.78, 5) is 21.4. The lowest BCUT2D eigenvalue weighted by Crippen LogP contribution is -2.35. The summed E-state index contributed by atoms with van der Waals surface area (Å²) in [5.74, 6) is 2.01. The zero-order valence-electron chi connectivity index (χ0n) is 17.6. The molecule has 7 heteroatoms. The van der Waals surface area contributed by atoms with Crippen molar-refractivity contribution >= 4 is 34.4 Å². The minimum atomic E-state index is 0.385. The molecule has 0 radical (unpaired) electrons. The Labute approximate surface area is 171 Å². The number of rotatable bonds is 6. The minimum absolute atomic E-state index is 0.385. The lowest BCUT2D eigenvalue weighted by Gasteiger charge is -2.27. The van der Waals surface area contributed by atoms with Gasteiger partial charge in [-0.3, -0.25) is 0 Å². The maximum atomic E-state index is 4.71. The number of likely N-dealkylation sites (N-methyl/N-ethyl adjacent to an activating group) is 1. The van der Waals surface area contributed by atoms with E-state index in [4.69, 9.17) is 4.98 Å². The van der Waals surface area contributed by atoms with Gasteiger partial charge in [0.2, 0.25) is 0 Å². The quantitative estimate of drug-likeness (QED) is 0.663. The van der Waals surface area contributed by atoms with Gasteiger partial charge in [-0.25, -0.2) is 15.0 Å². The van der Waals surface area contributed by atoms with Crippen LogP contribution in [0.4, 0.5) is 17.3 Å². The van der Waals surface area contributed by atoms with Crippen molar-refractivity contribution in [2.75, 3.05) is 42.3 Å². The third-order valence-corrected chi connectivity index (χ3v) is 5.86. The van der Waals surface area contributed by atoms with E-state index in [0.29, 0.717) is 6.04 Å². The molecule has 1 atom stereocenters. The maximum Gasteiger partial charge on any atom is 0.142 e. The first-order valence-corrected chi connectivity index (χ1v) is 10.2. The van der Waals surface area contributed by atoms with Crippen molar-refractivity contribution in [3.8, 4) is 0 Å². The van der Waals surface area contributed by atoms with Gasteiger partial charge in [0.1, 0.15) is 23.6 Å². The number of H-pyrrole nitrogens is 1. The van der Waals surface area contributed by atoms with Gasteiger partial charge in [0.15, 0.2) is 0 Å². The molecule has 1 aliphatic rings. The highest BCUT2D eigenvalue weighted by Crippen LogP contribution is 2.29. The van der Waals surface area contributed by atoms with E-state index in [1.807, 2.05) is 19.4 Å². The van der Waals surface area contributed by atoms with Crippen molar-refractivity contribution in [1.29, 1.82) is 0 Å². The van der Waals surface area contributed by atoms with Crippen LogP contribution in [0.25, 0.3) is 17.1 Å². The monoisotopic (exact) mass is 391 g/mol. The predicted octanol–water partition coefficient (Wildman–Crippen LogP) is 3.92. The number of anilines is 3. The third-order valence-electron chi connectivity index (χ3n) is 5.86. The molecule has 0 aliphatic carbocycles. The number of pyridine rings is 1. The van der Waals surface area contributed by atoms with E-state index in [1.54, 1.807) is 6.33 Å². The van der Waals surface area contributed by atoms with Crippen molar-refractivity contribution in [3.05, 3.63) is 42.0 Å². The Kier molecular flexibility index (Phi) is 5.38. The number of hydrogen-bond donors (Lipinski definition) is 2. The van der Waals surface area contributed by atoms with Crippen LogP contribution in [0.5, 0.6) is 0 Å². The summed E-state index contributed by atoms with van der Waals surface area (Å²) in [5, 5.41) is 4.33. The number of aromatic amines is 1. The summed E-state index contributed by atoms with van der Waals surface area (Å²) in [6, 6.07) is 4.62. The molecular formula is C22H29N7. The Balaban J connectivity index is 1.55. The molecule has 1 saturated heterocycles. The highest BCUT2D eigenvalue weighted by molar-refractivity contribution is 5.87. The first-order chi connectivity index (χ1) is 14.1. The van der Waals surface area contributed by atoms with Crippen molar-refractivity contribution in [2.45, 2.75) is 32.7 Å². The van der Waals surface area contributed by atoms with E-state index in [1.165, 1.54) is 11.1 Å². The second-order valence-electron chi connectivity index (χ2n) is 7.66. The van der Waals surface area contributed by atoms with Gasteiger partial charge in [-0.2, -0.15) is 0 Å². The van der Waals surface area contributed by atoms with E-state index >= 15 is 0 Å². The molecule has 2 N–H and O–H groups in total. The lowest BCUT2D eigenvalue weighted by atomic mass is 10.1. The van der Waals surface area contributed by atoms with Crippen molar-refractivity contribution in [1.82, 2.24) is 19.9 Å². The Bertz CT molecular complexity index is 1020. The van der Waals surface area contributed by atoms with Gasteiger partial charge >= 0.3 is 0 Å². The molecule has 29 heavy (non-hydrogen) atoms. The summed E-state index contributed by atoms with van der Waals surface area (Å²) < 4.78 is 0. The SMILES string of the molecule is CCC(C)=Cc1cc(N(C)C2CCN(c3ncnc4[nH]ccc34)C2)ncc1NC. The summed E-state index contributed by atoms with van der Waals surface area (Å²) in [7, 11) is 4.08. The number of fused-ring (bicyclic) bond motifs is 1. The molecule has 1 unspecified atom stereocenters. The summed E-state index contributed by atoms with van der Waals surface area (Å²) >= 11 is 0. The van der Waals surface area contributed by atoms with E-state index in [0.717, 1.165) is 54.3 Å². The molecule has 0 spiro atoms. The highest BCUT2D eigenvalue weighted by Gasteiger charge is 2.28. The fourth-order valence-corrected chi connectivity index (χ4v) is 3.90. The Morgan fingerprint density at radius 1 is 1.38 bits per heavy atom. The summed E-state index contributed by atoms with van der Waals surface area (Å²) in [5.41, 5.74) is 4.48. The maximum absolute atomic E-state index is 4.71. The third kappa shape index (κ3) is 3.77. The molecule has 4 heterocycles. The number of nitrogens with zero attached hydrogens (tertiary/aromatic N) is 5. The minimum Gasteiger partial charge on any atom is -0.386 e. The van der Waals surface area contributed by atoms with E-state index in [9.17, 15) is 0 Å². The molecule has 4 rings (SSSR count). The molecule has 3 aromatic heterocycles. The van der Waals surface area contributed by atoms with Gasteiger partial charge in [0.05, 0.1) is 17.3 Å². The van der Waals surface area contributed by atoms with Gasteiger partial charge in [0, 0.05) is 45.0 Å². The standard InChI is InChI=1S/C22H29N7/c1-5-15(2)10-16-11-20(25-12-19(16)23-3)28(4)17-7-9-29(13-17)22-18-6-8-24-21(18)26-14-27-22/h6,8,10-12,14,17,23H,5,7,9,13H2,1-4H3,(H,24,26,27). The van der Waals surface area contributed by atoms with Gasteiger partial charge in [-0.05, 0) is 31.9 Å². The molecule has 3 aromatic rings. The second-order valence-corrected chi connectivity index (χ2v) is 7.66. The highest BCUT2D eigenvalue weighted by atomic mass is 15.3. The van der Waals surface area contributed by atoms with Crippen LogP contribution in [0.3, 0.4) is 0 Å². The first-order valence-electron chi connectivity index (χ1n) is 10.2. The van der Waals surface area contributed by atoms with Crippen LogP contribution in [0.1, 0.15) is 32.3 Å². The topological polar surface area (TPSA) is 73.0 Å². The van der Waals surface area contributed by atoms with E-state index in [-0.39, 0.29) is 0 Å². The van der Waals surface area contributed by atoms with Gasteiger partial charge in [-0.1, -0.05) is 18.6 Å². The zero-order chi connectivity index (χ0) is 20.4. The van der Waals surface area contributed by atoms with Gasteiger partial charge < -0.3 is 20.1 Å². The average Bonchev–Trinajstić information content (AvgIpc) is 3.42. The number of aromatic nitrogens is 4. The first kappa shape index (κ1) is 19.2. The fourth-order valence-electron chi connectivity index (χ4n) is 3.90. The Hall–Kier alpha value is -3.09. The molecular weight excluding hydrogens is 362 g/mol. The summed E-state index contributed by atoms with van der Waals surface area (Å²) in [6.45, 7) is 6.24. The van der Waals surface area contributed by atoms with Crippen LogP contribution in [0, 0.1) is 0 Å². The molecule has 0 bridgehead atoms. The second kappa shape index (κ2) is 8.11. The smallest absolute Gasteiger partial charge is 0.142 e. The van der Waals surface area contributed by atoms with Crippen molar-refractivity contribution < 1.29 is 0 Å². The molecule has 1 aliphatic heterocycles. The lowest BCUT2D eigenvalue weighted by molar-refractivity contribution is 0.684. The number of allylic oxidation sites excluding steroid dienone is 1. The summed E-state index contributed by atoms with van der Waals surface area (Å²) in [6.07, 6.45) is 9.85.